The Morgan fingerprint density at radius 3 is 2.42 bits per heavy atom. The second kappa shape index (κ2) is 8.31. The van der Waals surface area contributed by atoms with Gasteiger partial charge in [-0.15, -0.1) is 0 Å². The van der Waals surface area contributed by atoms with Gasteiger partial charge >= 0.3 is 0 Å². The highest BCUT2D eigenvalue weighted by Gasteiger charge is 2.26. The Hall–Kier alpha value is -1.72. The zero-order valence-electron chi connectivity index (χ0n) is 14.9. The van der Waals surface area contributed by atoms with Gasteiger partial charge in [0, 0.05) is 41.4 Å². The van der Waals surface area contributed by atoms with Gasteiger partial charge in [0.2, 0.25) is 0 Å². The standard InChI is InChI=1S/C20H22BrClN2O2/c1-14-3-6-17(22)13-19(14)23-9-11-24(12-10-23)20(25)15(2)26-18-7-4-16(21)5-8-18/h3-8,13,15H,9-12H2,1-2H3/t15-/m1/s1. The molecular weight excluding hydrogens is 416 g/mol. The predicted molar refractivity (Wildman–Crippen MR) is 109 cm³/mol. The van der Waals surface area contributed by atoms with Crippen molar-refractivity contribution in [1.29, 1.82) is 0 Å². The van der Waals surface area contributed by atoms with Crippen molar-refractivity contribution in [3.05, 3.63) is 57.5 Å². The maximum Gasteiger partial charge on any atom is 0.263 e. The molecule has 6 heteroatoms. The lowest BCUT2D eigenvalue weighted by atomic mass is 10.1. The Bertz CT molecular complexity index is 774. The molecule has 3 rings (SSSR count). The molecule has 0 aromatic heterocycles. The van der Waals surface area contributed by atoms with Crippen LogP contribution in [0.2, 0.25) is 5.02 Å². The number of piperazine rings is 1. The molecule has 0 spiro atoms. The number of ether oxygens (including phenoxy) is 1. The first-order valence-corrected chi connectivity index (χ1v) is 9.83. The summed E-state index contributed by atoms with van der Waals surface area (Å²) in [5.74, 6) is 0.720. The third-order valence-electron chi connectivity index (χ3n) is 4.58. The zero-order valence-corrected chi connectivity index (χ0v) is 17.3. The molecule has 1 saturated heterocycles. The fourth-order valence-electron chi connectivity index (χ4n) is 3.12. The van der Waals surface area contributed by atoms with Gasteiger partial charge in [-0.3, -0.25) is 4.79 Å². The van der Waals surface area contributed by atoms with Gasteiger partial charge in [0.05, 0.1) is 0 Å². The van der Waals surface area contributed by atoms with Crippen LogP contribution in [0.15, 0.2) is 46.9 Å². The van der Waals surface area contributed by atoms with Crippen molar-refractivity contribution >= 4 is 39.1 Å². The molecule has 0 radical (unpaired) electrons. The van der Waals surface area contributed by atoms with Gasteiger partial charge in [-0.05, 0) is 55.8 Å². The normalized spacial score (nSPS) is 15.7. The van der Waals surface area contributed by atoms with Crippen molar-refractivity contribution in [2.24, 2.45) is 0 Å². The first kappa shape index (κ1) is 19.1. The summed E-state index contributed by atoms with van der Waals surface area (Å²) in [7, 11) is 0. The summed E-state index contributed by atoms with van der Waals surface area (Å²) in [6, 6.07) is 13.4. The van der Waals surface area contributed by atoms with Gasteiger partial charge in [-0.2, -0.15) is 0 Å². The quantitative estimate of drug-likeness (QED) is 0.705. The number of benzene rings is 2. The molecule has 26 heavy (non-hydrogen) atoms. The van der Waals surface area contributed by atoms with Crippen LogP contribution in [0.4, 0.5) is 5.69 Å². The van der Waals surface area contributed by atoms with E-state index < -0.39 is 6.10 Å². The molecule has 1 aliphatic rings. The van der Waals surface area contributed by atoms with E-state index in [2.05, 4.69) is 27.8 Å². The van der Waals surface area contributed by atoms with Crippen LogP contribution in [0, 0.1) is 6.92 Å². The Morgan fingerprint density at radius 2 is 1.77 bits per heavy atom. The van der Waals surface area contributed by atoms with E-state index >= 15 is 0 Å². The van der Waals surface area contributed by atoms with Crippen LogP contribution in [0.25, 0.3) is 0 Å². The van der Waals surface area contributed by atoms with Crippen LogP contribution in [0.5, 0.6) is 5.75 Å². The number of halogens is 2. The van der Waals surface area contributed by atoms with E-state index in [-0.39, 0.29) is 5.91 Å². The first-order chi connectivity index (χ1) is 12.4. The summed E-state index contributed by atoms with van der Waals surface area (Å²) >= 11 is 9.53. The van der Waals surface area contributed by atoms with Crippen LogP contribution in [-0.2, 0) is 4.79 Å². The Kier molecular flexibility index (Phi) is 6.09. The number of anilines is 1. The summed E-state index contributed by atoms with van der Waals surface area (Å²) in [6.45, 7) is 6.82. The fraction of sp³-hybridized carbons (Fsp3) is 0.350. The van der Waals surface area contributed by atoms with Gasteiger partial charge < -0.3 is 14.5 Å². The zero-order chi connectivity index (χ0) is 18.7. The van der Waals surface area contributed by atoms with Crippen LogP contribution >= 0.6 is 27.5 Å². The van der Waals surface area contributed by atoms with Crippen LogP contribution < -0.4 is 9.64 Å². The minimum Gasteiger partial charge on any atom is -0.481 e. The molecule has 0 aliphatic carbocycles. The number of rotatable bonds is 4. The fourth-order valence-corrected chi connectivity index (χ4v) is 3.55. The molecule has 0 N–H and O–H groups in total. The lowest BCUT2D eigenvalue weighted by molar-refractivity contribution is -0.138. The molecule has 0 bridgehead atoms. The SMILES string of the molecule is Cc1ccc(Cl)cc1N1CCN(C(=O)[C@@H](C)Oc2ccc(Br)cc2)CC1. The Balaban J connectivity index is 1.57. The number of aryl methyl sites for hydroxylation is 1. The topological polar surface area (TPSA) is 32.8 Å². The maximum absolute atomic E-state index is 12.7. The van der Waals surface area contributed by atoms with Gasteiger partial charge in [0.15, 0.2) is 6.10 Å². The molecule has 2 aromatic rings. The van der Waals surface area contributed by atoms with Crippen molar-refractivity contribution in [3.63, 3.8) is 0 Å². The number of amides is 1. The highest BCUT2D eigenvalue weighted by molar-refractivity contribution is 9.10. The molecule has 4 nitrogen and oxygen atoms in total. The van der Waals surface area contributed by atoms with Crippen molar-refractivity contribution in [3.8, 4) is 5.75 Å². The van der Waals surface area contributed by atoms with E-state index in [0.717, 1.165) is 28.3 Å². The second-order valence-corrected chi connectivity index (χ2v) is 7.81. The molecule has 0 unspecified atom stereocenters. The van der Waals surface area contributed by atoms with E-state index in [0.29, 0.717) is 18.8 Å². The minimum atomic E-state index is -0.504. The lowest BCUT2D eigenvalue weighted by Crippen LogP contribution is -2.52. The van der Waals surface area contributed by atoms with Crippen molar-refractivity contribution in [2.45, 2.75) is 20.0 Å². The number of nitrogens with zero attached hydrogens (tertiary/aromatic N) is 2. The molecule has 0 saturated carbocycles. The highest BCUT2D eigenvalue weighted by atomic mass is 79.9. The van der Waals surface area contributed by atoms with Crippen LogP contribution in [-0.4, -0.2) is 43.1 Å². The largest absolute Gasteiger partial charge is 0.481 e. The number of hydrogen-bond donors (Lipinski definition) is 0. The van der Waals surface area contributed by atoms with E-state index in [9.17, 15) is 4.79 Å². The summed E-state index contributed by atoms with van der Waals surface area (Å²) in [5, 5.41) is 0.737. The second-order valence-electron chi connectivity index (χ2n) is 6.46. The molecule has 1 atom stereocenters. The number of carbonyl (C=O) groups is 1. The van der Waals surface area contributed by atoms with Gasteiger partial charge in [0.1, 0.15) is 5.75 Å². The summed E-state index contributed by atoms with van der Waals surface area (Å²) in [5.41, 5.74) is 2.34. The molecule has 1 heterocycles. The molecule has 138 valence electrons. The van der Waals surface area contributed by atoms with Crippen molar-refractivity contribution < 1.29 is 9.53 Å². The first-order valence-electron chi connectivity index (χ1n) is 8.66. The van der Waals surface area contributed by atoms with Crippen LogP contribution in [0.3, 0.4) is 0 Å². The summed E-state index contributed by atoms with van der Waals surface area (Å²) in [4.78, 5) is 16.8. The smallest absolute Gasteiger partial charge is 0.263 e. The lowest BCUT2D eigenvalue weighted by Gasteiger charge is -2.37. The van der Waals surface area contributed by atoms with E-state index in [1.54, 1.807) is 6.92 Å². The predicted octanol–water partition coefficient (Wildman–Crippen LogP) is 4.53. The average molecular weight is 438 g/mol. The number of carbonyl (C=O) groups excluding carboxylic acids is 1. The van der Waals surface area contributed by atoms with Crippen LogP contribution in [0.1, 0.15) is 12.5 Å². The minimum absolute atomic E-state index is 0.0235. The summed E-state index contributed by atoms with van der Waals surface area (Å²) in [6.07, 6.45) is -0.504. The summed E-state index contributed by atoms with van der Waals surface area (Å²) < 4.78 is 6.77. The van der Waals surface area contributed by atoms with Gasteiger partial charge in [-0.1, -0.05) is 33.6 Å². The molecule has 1 amide bonds. The third-order valence-corrected chi connectivity index (χ3v) is 5.34. The van der Waals surface area contributed by atoms with Crippen molar-refractivity contribution in [1.82, 2.24) is 4.90 Å². The van der Waals surface area contributed by atoms with E-state index in [1.165, 1.54) is 5.56 Å². The maximum atomic E-state index is 12.7. The Morgan fingerprint density at radius 1 is 1.12 bits per heavy atom. The molecule has 1 fully saturated rings. The van der Waals surface area contributed by atoms with Gasteiger partial charge in [-0.25, -0.2) is 0 Å². The monoisotopic (exact) mass is 436 g/mol. The molecule has 1 aliphatic heterocycles. The molecular formula is C20H22BrClN2O2. The van der Waals surface area contributed by atoms with E-state index in [1.807, 2.05) is 47.4 Å². The Labute approximate surface area is 167 Å². The highest BCUT2D eigenvalue weighted by Crippen LogP contribution is 2.25. The molecule has 2 aromatic carbocycles. The van der Waals surface area contributed by atoms with E-state index in [4.69, 9.17) is 16.3 Å². The number of hydrogen-bond acceptors (Lipinski definition) is 3. The van der Waals surface area contributed by atoms with Crippen molar-refractivity contribution in [2.75, 3.05) is 31.1 Å². The average Bonchev–Trinajstić information content (AvgIpc) is 2.65. The third kappa shape index (κ3) is 4.51. The van der Waals surface area contributed by atoms with Gasteiger partial charge in [0.25, 0.3) is 5.91 Å².